The monoisotopic (exact) mass is 144 g/mol. The Morgan fingerprint density at radius 2 is 2.10 bits per heavy atom. The van der Waals surface area contributed by atoms with Crippen LogP contribution in [0.1, 0.15) is 33.1 Å². The lowest BCUT2D eigenvalue weighted by Crippen LogP contribution is -2.08. The van der Waals surface area contributed by atoms with E-state index in [0.717, 1.165) is 31.1 Å². The van der Waals surface area contributed by atoms with E-state index in [-0.39, 0.29) is 0 Å². The van der Waals surface area contributed by atoms with Gasteiger partial charge in [-0.25, -0.2) is 0 Å². The van der Waals surface area contributed by atoms with Gasteiger partial charge >= 0.3 is 0 Å². The van der Waals surface area contributed by atoms with Crippen LogP contribution in [-0.2, 0) is 0 Å². The number of hydrogen-bond acceptors (Lipinski definition) is 2. The molecule has 0 aromatic carbocycles. The Hall–Kier alpha value is -0.500. The zero-order chi connectivity index (χ0) is 7.98. The predicted octanol–water partition coefficient (Wildman–Crippen LogP) is 2.00. The lowest BCUT2D eigenvalue weighted by molar-refractivity contribution is 0.191. The van der Waals surface area contributed by atoms with Crippen LogP contribution in [0.2, 0.25) is 0 Å². The maximum Gasteiger partial charge on any atom is 0.0809 e. The first kappa shape index (κ1) is 9.50. The van der Waals surface area contributed by atoms with E-state index in [0.29, 0.717) is 0 Å². The average Bonchev–Trinajstić information content (AvgIpc) is 1.91. The highest BCUT2D eigenvalue weighted by atomic mass is 16.3. The van der Waals surface area contributed by atoms with Gasteiger partial charge < -0.3 is 10.2 Å². The summed E-state index contributed by atoms with van der Waals surface area (Å²) in [7, 11) is 0. The second-order valence-electron chi connectivity index (χ2n) is 2.36. The highest BCUT2D eigenvalue weighted by Gasteiger charge is 2.06. The number of aliphatic hydroxyl groups is 2. The molecule has 0 aliphatic heterocycles. The molecule has 0 fully saturated rings. The zero-order valence-corrected chi connectivity index (χ0v) is 6.67. The van der Waals surface area contributed by atoms with Crippen molar-refractivity contribution in [1.82, 2.24) is 0 Å². The normalized spacial score (nSPS) is 15.3. The minimum atomic E-state index is -0.444. The molecular weight excluding hydrogens is 128 g/mol. The van der Waals surface area contributed by atoms with Crippen molar-refractivity contribution < 1.29 is 10.2 Å². The second-order valence-corrected chi connectivity index (χ2v) is 2.36. The third-order valence-electron chi connectivity index (χ3n) is 1.56. The SMILES string of the molecule is CCCC(O)/C(=C/O)CC. The van der Waals surface area contributed by atoms with Crippen LogP contribution in [0.15, 0.2) is 11.8 Å². The molecule has 0 aromatic rings. The lowest BCUT2D eigenvalue weighted by Gasteiger charge is -2.09. The molecule has 0 saturated heterocycles. The fourth-order valence-corrected chi connectivity index (χ4v) is 0.872. The van der Waals surface area contributed by atoms with Crippen molar-refractivity contribution in [2.24, 2.45) is 0 Å². The van der Waals surface area contributed by atoms with Gasteiger partial charge in [0.25, 0.3) is 0 Å². The summed E-state index contributed by atoms with van der Waals surface area (Å²) in [6.45, 7) is 3.93. The Morgan fingerprint density at radius 3 is 2.40 bits per heavy atom. The van der Waals surface area contributed by atoms with Crippen LogP contribution in [0.5, 0.6) is 0 Å². The van der Waals surface area contributed by atoms with Gasteiger partial charge in [0.15, 0.2) is 0 Å². The molecule has 2 heteroatoms. The van der Waals surface area contributed by atoms with Crippen molar-refractivity contribution in [1.29, 1.82) is 0 Å². The van der Waals surface area contributed by atoms with E-state index < -0.39 is 6.10 Å². The van der Waals surface area contributed by atoms with Crippen molar-refractivity contribution in [3.8, 4) is 0 Å². The number of rotatable bonds is 4. The summed E-state index contributed by atoms with van der Waals surface area (Å²) >= 11 is 0. The van der Waals surface area contributed by atoms with Gasteiger partial charge in [-0.3, -0.25) is 0 Å². The van der Waals surface area contributed by atoms with Crippen molar-refractivity contribution in [2.45, 2.75) is 39.2 Å². The molecule has 0 saturated carbocycles. The van der Waals surface area contributed by atoms with Crippen LogP contribution in [0, 0.1) is 0 Å². The van der Waals surface area contributed by atoms with E-state index in [1.165, 1.54) is 0 Å². The molecule has 0 radical (unpaired) electrons. The van der Waals surface area contributed by atoms with E-state index in [9.17, 15) is 5.11 Å². The maximum absolute atomic E-state index is 9.28. The first-order valence-corrected chi connectivity index (χ1v) is 3.77. The predicted molar refractivity (Wildman–Crippen MR) is 41.9 cm³/mol. The molecule has 0 aliphatic carbocycles. The summed E-state index contributed by atoms with van der Waals surface area (Å²) in [6.07, 6.45) is 2.97. The molecule has 1 unspecified atom stereocenters. The van der Waals surface area contributed by atoms with E-state index in [4.69, 9.17) is 5.11 Å². The van der Waals surface area contributed by atoms with Gasteiger partial charge in [0.1, 0.15) is 0 Å². The van der Waals surface area contributed by atoms with E-state index in [1.54, 1.807) is 0 Å². The summed E-state index contributed by atoms with van der Waals surface area (Å²) < 4.78 is 0. The molecule has 0 spiro atoms. The van der Waals surface area contributed by atoms with Gasteiger partial charge in [0.2, 0.25) is 0 Å². The molecule has 1 atom stereocenters. The minimum Gasteiger partial charge on any atom is -0.516 e. The molecule has 0 rings (SSSR count). The summed E-state index contributed by atoms with van der Waals surface area (Å²) in [5, 5.41) is 17.9. The largest absolute Gasteiger partial charge is 0.516 e. The molecule has 2 N–H and O–H groups in total. The van der Waals surface area contributed by atoms with Gasteiger partial charge in [-0.05, 0) is 18.4 Å². The Kier molecular flexibility index (Phi) is 5.03. The summed E-state index contributed by atoms with van der Waals surface area (Å²) in [5.41, 5.74) is 0.724. The van der Waals surface area contributed by atoms with Crippen molar-refractivity contribution >= 4 is 0 Å². The van der Waals surface area contributed by atoms with Gasteiger partial charge in [-0.1, -0.05) is 20.3 Å². The highest BCUT2D eigenvalue weighted by molar-refractivity contribution is 5.02. The average molecular weight is 144 g/mol. The Balaban J connectivity index is 3.77. The molecular formula is C8H16O2. The molecule has 0 heterocycles. The van der Waals surface area contributed by atoms with Crippen LogP contribution in [-0.4, -0.2) is 16.3 Å². The van der Waals surface area contributed by atoms with Gasteiger partial charge in [0.05, 0.1) is 12.4 Å². The third kappa shape index (κ3) is 2.87. The molecule has 60 valence electrons. The minimum absolute atomic E-state index is 0.444. The van der Waals surface area contributed by atoms with E-state index in [1.807, 2.05) is 13.8 Å². The fraction of sp³-hybridized carbons (Fsp3) is 0.750. The molecule has 0 amide bonds. The van der Waals surface area contributed by atoms with Crippen molar-refractivity contribution in [2.75, 3.05) is 0 Å². The van der Waals surface area contributed by atoms with E-state index in [2.05, 4.69) is 0 Å². The van der Waals surface area contributed by atoms with Crippen LogP contribution in [0.3, 0.4) is 0 Å². The standard InChI is InChI=1S/C8H16O2/c1-3-5-8(10)7(4-2)6-9/h6,8-10H,3-5H2,1-2H3/b7-6+. The van der Waals surface area contributed by atoms with Crippen molar-refractivity contribution in [3.63, 3.8) is 0 Å². The maximum atomic E-state index is 9.28. The van der Waals surface area contributed by atoms with Crippen LogP contribution in [0.25, 0.3) is 0 Å². The van der Waals surface area contributed by atoms with Gasteiger partial charge in [0, 0.05) is 0 Å². The van der Waals surface area contributed by atoms with Gasteiger partial charge in [-0.15, -0.1) is 0 Å². The fourth-order valence-electron chi connectivity index (χ4n) is 0.872. The Bertz CT molecular complexity index is 108. The first-order valence-electron chi connectivity index (χ1n) is 3.77. The quantitative estimate of drug-likeness (QED) is 0.592. The highest BCUT2D eigenvalue weighted by Crippen LogP contribution is 2.10. The van der Waals surface area contributed by atoms with E-state index >= 15 is 0 Å². The van der Waals surface area contributed by atoms with Gasteiger partial charge in [-0.2, -0.15) is 0 Å². The molecule has 0 bridgehead atoms. The summed E-state index contributed by atoms with van der Waals surface area (Å²) in [6, 6.07) is 0. The smallest absolute Gasteiger partial charge is 0.0809 e. The van der Waals surface area contributed by atoms with Crippen LogP contribution in [0.4, 0.5) is 0 Å². The Morgan fingerprint density at radius 1 is 1.50 bits per heavy atom. The first-order chi connectivity index (χ1) is 4.76. The molecule has 0 aliphatic rings. The lowest BCUT2D eigenvalue weighted by atomic mass is 10.1. The second kappa shape index (κ2) is 5.30. The Labute approximate surface area is 62.2 Å². The zero-order valence-electron chi connectivity index (χ0n) is 6.67. The van der Waals surface area contributed by atoms with Crippen molar-refractivity contribution in [3.05, 3.63) is 11.8 Å². The molecule has 10 heavy (non-hydrogen) atoms. The summed E-state index contributed by atoms with van der Waals surface area (Å²) in [5.74, 6) is 0. The summed E-state index contributed by atoms with van der Waals surface area (Å²) in [4.78, 5) is 0. The number of hydrogen-bond donors (Lipinski definition) is 2. The van der Waals surface area contributed by atoms with Crippen LogP contribution >= 0.6 is 0 Å². The van der Waals surface area contributed by atoms with Crippen LogP contribution < -0.4 is 0 Å². The third-order valence-corrected chi connectivity index (χ3v) is 1.56. The number of aliphatic hydroxyl groups excluding tert-OH is 2. The molecule has 2 nitrogen and oxygen atoms in total. The topological polar surface area (TPSA) is 40.5 Å². The molecule has 0 aromatic heterocycles.